The summed E-state index contributed by atoms with van der Waals surface area (Å²) in [6.45, 7) is -1.59. The van der Waals surface area contributed by atoms with E-state index in [1.165, 1.54) is 12.4 Å². The monoisotopic (exact) mass is 246 g/mol. The van der Waals surface area contributed by atoms with Crippen molar-refractivity contribution >= 4 is 18.5 Å². The third-order valence-corrected chi connectivity index (χ3v) is 3.06. The van der Waals surface area contributed by atoms with E-state index in [9.17, 15) is 0 Å². The maximum absolute atomic E-state index is 8.92. The Morgan fingerprint density at radius 1 is 1.40 bits per heavy atom. The summed E-state index contributed by atoms with van der Waals surface area (Å²) in [5.74, 6) is 0.954. The second-order valence-electron chi connectivity index (χ2n) is 3.88. The zero-order chi connectivity index (χ0) is 11.1. The number of rotatable bonds is 3. The SMILES string of the molecule is CC1(c2ncc(OP(O)(O)=S)cn2)CC1. The van der Waals surface area contributed by atoms with Crippen molar-refractivity contribution in [2.45, 2.75) is 25.2 Å². The summed E-state index contributed by atoms with van der Waals surface area (Å²) < 4.78 is 4.70. The van der Waals surface area contributed by atoms with Crippen molar-refractivity contribution in [3.05, 3.63) is 18.2 Å². The van der Waals surface area contributed by atoms with Crippen LogP contribution in [0, 0.1) is 0 Å². The number of aromatic nitrogens is 2. The molecule has 1 aliphatic carbocycles. The van der Waals surface area contributed by atoms with Crippen LogP contribution in [0.25, 0.3) is 0 Å². The average Bonchev–Trinajstić information content (AvgIpc) is 2.83. The molecule has 15 heavy (non-hydrogen) atoms. The van der Waals surface area contributed by atoms with Crippen LogP contribution in [0.4, 0.5) is 0 Å². The minimum absolute atomic E-state index is 0.0944. The Bertz CT molecular complexity index is 412. The molecule has 82 valence electrons. The van der Waals surface area contributed by atoms with E-state index in [2.05, 4.69) is 28.7 Å². The maximum atomic E-state index is 8.92. The van der Waals surface area contributed by atoms with E-state index in [1.807, 2.05) is 0 Å². The van der Waals surface area contributed by atoms with Gasteiger partial charge >= 0.3 is 6.72 Å². The zero-order valence-electron chi connectivity index (χ0n) is 8.12. The van der Waals surface area contributed by atoms with Gasteiger partial charge in [0.1, 0.15) is 5.82 Å². The maximum Gasteiger partial charge on any atom is 0.375 e. The molecule has 1 heterocycles. The third-order valence-electron chi connectivity index (χ3n) is 2.39. The van der Waals surface area contributed by atoms with Gasteiger partial charge in [-0.25, -0.2) is 9.97 Å². The molecule has 1 aromatic heterocycles. The number of hydrogen-bond acceptors (Lipinski definition) is 4. The van der Waals surface area contributed by atoms with Gasteiger partial charge in [-0.1, -0.05) is 6.92 Å². The molecule has 2 rings (SSSR count). The topological polar surface area (TPSA) is 75.5 Å². The smallest absolute Gasteiger partial charge is 0.375 e. The minimum Gasteiger partial charge on any atom is -0.421 e. The van der Waals surface area contributed by atoms with Gasteiger partial charge in [-0.2, -0.15) is 0 Å². The molecule has 1 aromatic rings. The Labute approximate surface area is 92.4 Å². The van der Waals surface area contributed by atoms with Crippen LogP contribution >= 0.6 is 6.72 Å². The molecule has 1 saturated carbocycles. The Kier molecular flexibility index (Phi) is 2.55. The van der Waals surface area contributed by atoms with Gasteiger partial charge < -0.3 is 14.3 Å². The molecule has 0 atom stereocenters. The first-order chi connectivity index (χ1) is 6.89. The highest BCUT2D eigenvalue weighted by Gasteiger charge is 2.41. The summed E-state index contributed by atoms with van der Waals surface area (Å²) in [5.41, 5.74) is 0.0944. The van der Waals surface area contributed by atoms with Crippen molar-refractivity contribution in [2.75, 3.05) is 0 Å². The lowest BCUT2D eigenvalue weighted by atomic mass is 10.1. The molecule has 0 aliphatic heterocycles. The summed E-state index contributed by atoms with van der Waals surface area (Å²) >= 11 is 4.33. The summed E-state index contributed by atoms with van der Waals surface area (Å²) in [6.07, 6.45) is 5.01. The van der Waals surface area contributed by atoms with Gasteiger partial charge in [0, 0.05) is 17.2 Å². The molecule has 1 fully saturated rings. The number of hydrogen-bond donors (Lipinski definition) is 2. The molecule has 5 nitrogen and oxygen atoms in total. The highest BCUT2D eigenvalue weighted by Crippen LogP contribution is 2.46. The third kappa shape index (κ3) is 2.72. The van der Waals surface area contributed by atoms with E-state index in [1.54, 1.807) is 0 Å². The van der Waals surface area contributed by atoms with Crippen LogP contribution in [0.1, 0.15) is 25.6 Å². The van der Waals surface area contributed by atoms with Crippen molar-refractivity contribution in [3.63, 3.8) is 0 Å². The first-order valence-electron chi connectivity index (χ1n) is 4.47. The summed E-state index contributed by atoms with van der Waals surface area (Å²) in [7, 11) is 0. The fourth-order valence-corrected chi connectivity index (χ4v) is 1.85. The first kappa shape index (κ1) is 11.0. The highest BCUT2D eigenvalue weighted by molar-refractivity contribution is 8.06. The fraction of sp³-hybridized carbons (Fsp3) is 0.500. The predicted octanol–water partition coefficient (Wildman–Crippen LogP) is 1.12. The van der Waals surface area contributed by atoms with E-state index < -0.39 is 6.72 Å². The van der Waals surface area contributed by atoms with Crippen LogP contribution in [0.15, 0.2) is 12.4 Å². The molecule has 0 saturated heterocycles. The van der Waals surface area contributed by atoms with E-state index in [0.29, 0.717) is 0 Å². The number of nitrogens with zero attached hydrogens (tertiary/aromatic N) is 2. The van der Waals surface area contributed by atoms with Gasteiger partial charge in [0.05, 0.1) is 12.4 Å². The molecule has 0 bridgehead atoms. The molecular weight excluding hydrogens is 235 g/mol. The van der Waals surface area contributed by atoms with E-state index in [4.69, 9.17) is 14.3 Å². The largest absolute Gasteiger partial charge is 0.421 e. The average molecular weight is 246 g/mol. The molecule has 0 amide bonds. The predicted molar refractivity (Wildman–Crippen MR) is 58.0 cm³/mol. The summed E-state index contributed by atoms with van der Waals surface area (Å²) in [6, 6.07) is 0. The van der Waals surface area contributed by atoms with Crippen molar-refractivity contribution in [1.82, 2.24) is 9.97 Å². The summed E-state index contributed by atoms with van der Waals surface area (Å²) in [4.78, 5) is 26.1. The molecule has 0 spiro atoms. The fourth-order valence-electron chi connectivity index (χ4n) is 1.22. The van der Waals surface area contributed by atoms with Gasteiger partial charge in [0.25, 0.3) is 0 Å². The van der Waals surface area contributed by atoms with Crippen LogP contribution in [-0.2, 0) is 17.2 Å². The van der Waals surface area contributed by atoms with Crippen molar-refractivity contribution < 1.29 is 14.3 Å². The Hall–Kier alpha value is -0.550. The molecule has 0 unspecified atom stereocenters. The Morgan fingerprint density at radius 3 is 2.33 bits per heavy atom. The lowest BCUT2D eigenvalue weighted by molar-refractivity contribution is 0.369. The highest BCUT2D eigenvalue weighted by atomic mass is 32.5. The molecule has 1 aliphatic rings. The second kappa shape index (κ2) is 3.49. The van der Waals surface area contributed by atoms with Crippen LogP contribution in [0.3, 0.4) is 0 Å². The molecular formula is C8H11N2O3PS. The standard InChI is InChI=1S/C8H11N2O3PS/c1-8(2-3-8)7-9-4-6(5-10-7)13-14(11,12)15/h4-5H,2-3H2,1H3,(H2,11,12,15). The van der Waals surface area contributed by atoms with Gasteiger partial charge in [-0.15, -0.1) is 0 Å². The normalized spacial score (nSPS) is 18.6. The van der Waals surface area contributed by atoms with Crippen molar-refractivity contribution in [1.29, 1.82) is 0 Å². The first-order valence-corrected chi connectivity index (χ1v) is 7.09. The molecule has 2 N–H and O–H groups in total. The lowest BCUT2D eigenvalue weighted by Gasteiger charge is -2.10. The minimum atomic E-state index is -3.67. The van der Waals surface area contributed by atoms with Crippen LogP contribution in [-0.4, -0.2) is 19.8 Å². The van der Waals surface area contributed by atoms with Crippen LogP contribution in [0.2, 0.25) is 0 Å². The van der Waals surface area contributed by atoms with Gasteiger partial charge in [0.15, 0.2) is 5.75 Å². The second-order valence-corrected chi connectivity index (χ2v) is 6.48. The van der Waals surface area contributed by atoms with Gasteiger partial charge in [-0.3, -0.25) is 0 Å². The van der Waals surface area contributed by atoms with Gasteiger partial charge in [-0.05, 0) is 12.8 Å². The zero-order valence-corrected chi connectivity index (χ0v) is 9.83. The molecule has 7 heteroatoms. The Balaban J connectivity index is 2.14. The molecule has 0 aromatic carbocycles. The van der Waals surface area contributed by atoms with E-state index in [0.717, 1.165) is 18.7 Å². The molecule has 0 radical (unpaired) electrons. The Morgan fingerprint density at radius 2 is 1.93 bits per heavy atom. The van der Waals surface area contributed by atoms with Crippen molar-refractivity contribution in [3.8, 4) is 5.75 Å². The van der Waals surface area contributed by atoms with Gasteiger partial charge in [0.2, 0.25) is 0 Å². The van der Waals surface area contributed by atoms with E-state index >= 15 is 0 Å². The summed E-state index contributed by atoms with van der Waals surface area (Å²) in [5, 5.41) is 0. The van der Waals surface area contributed by atoms with Crippen LogP contribution < -0.4 is 4.52 Å². The van der Waals surface area contributed by atoms with E-state index in [-0.39, 0.29) is 11.2 Å². The van der Waals surface area contributed by atoms with Crippen LogP contribution in [0.5, 0.6) is 5.75 Å². The lowest BCUT2D eigenvalue weighted by Crippen LogP contribution is -2.06. The quantitative estimate of drug-likeness (QED) is 0.778. The van der Waals surface area contributed by atoms with Crippen molar-refractivity contribution in [2.24, 2.45) is 0 Å².